The molecular formula is C22H26N2O2. The fourth-order valence-electron chi connectivity index (χ4n) is 3.59. The Labute approximate surface area is 155 Å². The van der Waals surface area contributed by atoms with E-state index in [4.69, 9.17) is 0 Å². The molecule has 1 heterocycles. The van der Waals surface area contributed by atoms with Crippen molar-refractivity contribution in [2.75, 3.05) is 16.8 Å². The highest BCUT2D eigenvalue weighted by molar-refractivity contribution is 5.98. The maximum atomic E-state index is 12.8. The van der Waals surface area contributed by atoms with Crippen molar-refractivity contribution in [3.8, 4) is 0 Å². The van der Waals surface area contributed by atoms with Crippen molar-refractivity contribution < 1.29 is 9.59 Å². The molecule has 0 bridgehead atoms. The summed E-state index contributed by atoms with van der Waals surface area (Å²) in [4.78, 5) is 26.6. The average molecular weight is 350 g/mol. The van der Waals surface area contributed by atoms with Crippen molar-refractivity contribution in [2.45, 2.75) is 45.4 Å². The first-order valence-electron chi connectivity index (χ1n) is 9.37. The van der Waals surface area contributed by atoms with Gasteiger partial charge in [0.2, 0.25) is 11.8 Å². The third-order valence-electron chi connectivity index (χ3n) is 4.92. The highest BCUT2D eigenvalue weighted by atomic mass is 16.2. The first kappa shape index (κ1) is 18.2. The summed E-state index contributed by atoms with van der Waals surface area (Å²) >= 11 is 0. The standard InChI is InChI=1S/C22H26N2O2/c1-3-8-19(17-9-5-4-6-10-17)22(26)23-18-12-13-20(16(2)15-18)24-14-7-11-21(24)25/h4-6,9-10,12-13,15,19H,3,7-8,11,14H2,1-2H3,(H,23,26)/t19-/m1/s1. The smallest absolute Gasteiger partial charge is 0.231 e. The molecule has 2 amide bonds. The molecule has 0 aromatic heterocycles. The molecule has 0 spiro atoms. The first-order valence-corrected chi connectivity index (χ1v) is 9.37. The van der Waals surface area contributed by atoms with Gasteiger partial charge in [0.25, 0.3) is 0 Å². The Hall–Kier alpha value is -2.62. The van der Waals surface area contributed by atoms with Crippen molar-refractivity contribution in [3.63, 3.8) is 0 Å². The first-order chi connectivity index (χ1) is 12.6. The summed E-state index contributed by atoms with van der Waals surface area (Å²) in [6.45, 7) is 4.85. The number of amides is 2. The van der Waals surface area contributed by atoms with Crippen LogP contribution in [0, 0.1) is 6.92 Å². The molecule has 4 nitrogen and oxygen atoms in total. The third-order valence-corrected chi connectivity index (χ3v) is 4.92. The van der Waals surface area contributed by atoms with E-state index in [0.717, 1.165) is 48.3 Å². The average Bonchev–Trinajstić information content (AvgIpc) is 3.06. The second-order valence-electron chi connectivity index (χ2n) is 6.89. The molecule has 0 unspecified atom stereocenters. The number of nitrogens with one attached hydrogen (secondary N) is 1. The number of aryl methyl sites for hydroxylation is 1. The monoisotopic (exact) mass is 350 g/mol. The van der Waals surface area contributed by atoms with Crippen molar-refractivity contribution in [2.24, 2.45) is 0 Å². The summed E-state index contributed by atoms with van der Waals surface area (Å²) in [5, 5.41) is 3.05. The predicted octanol–water partition coefficient (Wildman–Crippen LogP) is 4.64. The van der Waals surface area contributed by atoms with E-state index < -0.39 is 0 Å². The van der Waals surface area contributed by atoms with Crippen LogP contribution in [0.4, 0.5) is 11.4 Å². The molecule has 1 atom stereocenters. The zero-order chi connectivity index (χ0) is 18.5. The molecule has 3 rings (SSSR count). The molecule has 2 aromatic carbocycles. The number of carbonyl (C=O) groups excluding carboxylic acids is 2. The van der Waals surface area contributed by atoms with Gasteiger partial charge in [-0.3, -0.25) is 9.59 Å². The second kappa shape index (κ2) is 8.17. The van der Waals surface area contributed by atoms with Crippen LogP contribution in [0.2, 0.25) is 0 Å². The molecule has 1 fully saturated rings. The molecule has 1 aliphatic heterocycles. The van der Waals surface area contributed by atoms with Crippen LogP contribution in [0.5, 0.6) is 0 Å². The lowest BCUT2D eigenvalue weighted by atomic mass is 9.93. The summed E-state index contributed by atoms with van der Waals surface area (Å²) in [5.41, 5.74) is 3.77. The van der Waals surface area contributed by atoms with E-state index in [1.807, 2.05) is 60.4 Å². The van der Waals surface area contributed by atoms with Gasteiger partial charge in [-0.1, -0.05) is 43.7 Å². The van der Waals surface area contributed by atoms with Gasteiger partial charge in [-0.15, -0.1) is 0 Å². The highest BCUT2D eigenvalue weighted by Crippen LogP contribution is 2.29. The molecular weight excluding hydrogens is 324 g/mol. The molecule has 4 heteroatoms. The molecule has 2 aromatic rings. The maximum Gasteiger partial charge on any atom is 0.231 e. The topological polar surface area (TPSA) is 49.4 Å². The van der Waals surface area contributed by atoms with Crippen molar-refractivity contribution >= 4 is 23.2 Å². The Kier molecular flexibility index (Phi) is 5.71. The highest BCUT2D eigenvalue weighted by Gasteiger charge is 2.24. The molecule has 0 saturated carbocycles. The largest absolute Gasteiger partial charge is 0.326 e. The molecule has 1 N–H and O–H groups in total. The van der Waals surface area contributed by atoms with Crippen molar-refractivity contribution in [1.29, 1.82) is 0 Å². The number of hydrogen-bond donors (Lipinski definition) is 1. The van der Waals surface area contributed by atoms with Gasteiger partial charge in [0, 0.05) is 24.3 Å². The summed E-state index contributed by atoms with van der Waals surface area (Å²) in [7, 11) is 0. The van der Waals surface area contributed by atoms with E-state index in [1.54, 1.807) is 0 Å². The van der Waals surface area contributed by atoms with Gasteiger partial charge in [0.1, 0.15) is 0 Å². The molecule has 0 radical (unpaired) electrons. The number of anilines is 2. The Morgan fingerprint density at radius 1 is 1.19 bits per heavy atom. The third kappa shape index (κ3) is 3.96. The molecule has 136 valence electrons. The van der Waals surface area contributed by atoms with Crippen molar-refractivity contribution in [1.82, 2.24) is 0 Å². The van der Waals surface area contributed by atoms with Gasteiger partial charge in [0.05, 0.1) is 5.92 Å². The van der Waals surface area contributed by atoms with E-state index in [0.29, 0.717) is 6.42 Å². The minimum Gasteiger partial charge on any atom is -0.326 e. The minimum atomic E-state index is -0.152. The maximum absolute atomic E-state index is 12.8. The van der Waals surface area contributed by atoms with Crippen LogP contribution in [0.25, 0.3) is 0 Å². The van der Waals surface area contributed by atoms with Crippen LogP contribution in [-0.2, 0) is 9.59 Å². The SMILES string of the molecule is CCC[C@@H](C(=O)Nc1ccc(N2CCCC2=O)c(C)c1)c1ccccc1. The van der Waals surface area contributed by atoms with E-state index in [9.17, 15) is 9.59 Å². The second-order valence-corrected chi connectivity index (χ2v) is 6.89. The van der Waals surface area contributed by atoms with Crippen LogP contribution in [0.15, 0.2) is 48.5 Å². The van der Waals surface area contributed by atoms with E-state index in [2.05, 4.69) is 12.2 Å². The number of nitrogens with zero attached hydrogens (tertiary/aromatic N) is 1. The molecule has 1 saturated heterocycles. The number of benzene rings is 2. The summed E-state index contributed by atoms with van der Waals surface area (Å²) in [5.74, 6) is 0.0424. The van der Waals surface area contributed by atoms with Crippen LogP contribution < -0.4 is 10.2 Å². The van der Waals surface area contributed by atoms with E-state index in [1.165, 1.54) is 0 Å². The Bertz CT molecular complexity index is 786. The molecule has 0 aliphatic carbocycles. The normalized spacial score (nSPS) is 15.2. The lowest BCUT2D eigenvalue weighted by Gasteiger charge is -2.20. The number of hydrogen-bond acceptors (Lipinski definition) is 2. The Morgan fingerprint density at radius 2 is 1.96 bits per heavy atom. The van der Waals surface area contributed by atoms with Gasteiger partial charge >= 0.3 is 0 Å². The van der Waals surface area contributed by atoms with Gasteiger partial charge in [-0.2, -0.15) is 0 Å². The minimum absolute atomic E-state index is 0.0162. The zero-order valence-corrected chi connectivity index (χ0v) is 15.5. The lowest BCUT2D eigenvalue weighted by molar-refractivity contribution is -0.118. The van der Waals surface area contributed by atoms with Gasteiger partial charge in [-0.05, 0) is 49.1 Å². The number of rotatable bonds is 6. The lowest BCUT2D eigenvalue weighted by Crippen LogP contribution is -2.25. The van der Waals surface area contributed by atoms with Crippen LogP contribution >= 0.6 is 0 Å². The van der Waals surface area contributed by atoms with E-state index >= 15 is 0 Å². The fourth-order valence-corrected chi connectivity index (χ4v) is 3.59. The van der Waals surface area contributed by atoms with Crippen LogP contribution in [0.1, 0.15) is 49.7 Å². The molecule has 26 heavy (non-hydrogen) atoms. The van der Waals surface area contributed by atoms with Gasteiger partial charge < -0.3 is 10.2 Å². The fraction of sp³-hybridized carbons (Fsp3) is 0.364. The van der Waals surface area contributed by atoms with Crippen LogP contribution in [0.3, 0.4) is 0 Å². The van der Waals surface area contributed by atoms with Crippen LogP contribution in [-0.4, -0.2) is 18.4 Å². The van der Waals surface area contributed by atoms with Gasteiger partial charge in [-0.25, -0.2) is 0 Å². The predicted molar refractivity (Wildman–Crippen MR) is 105 cm³/mol. The summed E-state index contributed by atoms with van der Waals surface area (Å²) in [6.07, 6.45) is 3.29. The Balaban J connectivity index is 1.76. The number of carbonyl (C=O) groups is 2. The van der Waals surface area contributed by atoms with Crippen molar-refractivity contribution in [3.05, 3.63) is 59.7 Å². The summed E-state index contributed by atoms with van der Waals surface area (Å²) < 4.78 is 0. The Morgan fingerprint density at radius 3 is 2.58 bits per heavy atom. The zero-order valence-electron chi connectivity index (χ0n) is 15.5. The summed E-state index contributed by atoms with van der Waals surface area (Å²) in [6, 6.07) is 15.7. The molecule has 1 aliphatic rings. The quantitative estimate of drug-likeness (QED) is 0.825. The van der Waals surface area contributed by atoms with Gasteiger partial charge in [0.15, 0.2) is 0 Å². The van der Waals surface area contributed by atoms with E-state index in [-0.39, 0.29) is 17.7 Å².